The van der Waals surface area contributed by atoms with Gasteiger partial charge in [0.2, 0.25) is 0 Å². The van der Waals surface area contributed by atoms with E-state index in [9.17, 15) is 13.2 Å². The summed E-state index contributed by atoms with van der Waals surface area (Å²) < 4.78 is 38.4. The first kappa shape index (κ1) is 13.5. The molecular weight excluding hydrogens is 247 g/mol. The second-order valence-electron chi connectivity index (χ2n) is 5.29. The molecule has 3 unspecified atom stereocenters. The third-order valence-electron chi connectivity index (χ3n) is 4.11. The molecule has 3 atom stereocenters. The number of nitrogens with two attached hydrogens (primary N) is 1. The Hall–Kier alpha value is -0.980. The largest absolute Gasteiger partial charge is 0.409 e. The molecule has 0 aromatic rings. The van der Waals surface area contributed by atoms with Gasteiger partial charge in [0.25, 0.3) is 0 Å². The molecule has 0 spiro atoms. The number of amidine groups is 1. The second kappa shape index (κ2) is 4.95. The van der Waals surface area contributed by atoms with E-state index in [1.807, 2.05) is 0 Å². The van der Waals surface area contributed by atoms with Crippen molar-refractivity contribution in [2.24, 2.45) is 28.6 Å². The normalized spacial score (nSPS) is 31.6. The zero-order valence-electron chi connectivity index (χ0n) is 10.0. The van der Waals surface area contributed by atoms with Gasteiger partial charge in [-0.05, 0) is 24.7 Å². The zero-order chi connectivity index (χ0) is 13.3. The predicted octanol–water partition coefficient (Wildman–Crippen LogP) is 1.64. The number of alkyl halides is 3. The molecule has 7 heteroatoms. The van der Waals surface area contributed by atoms with E-state index in [1.54, 1.807) is 4.90 Å². The molecule has 1 aliphatic heterocycles. The summed E-state index contributed by atoms with van der Waals surface area (Å²) in [6.07, 6.45) is -1.05. The number of rotatable bonds is 3. The molecule has 1 saturated carbocycles. The Balaban J connectivity index is 1.98. The van der Waals surface area contributed by atoms with Crippen molar-refractivity contribution in [1.29, 1.82) is 0 Å². The van der Waals surface area contributed by atoms with Crippen molar-refractivity contribution < 1.29 is 18.4 Å². The quantitative estimate of drug-likeness (QED) is 0.353. The Bertz CT molecular complexity index is 320. The van der Waals surface area contributed by atoms with E-state index in [2.05, 4.69) is 5.16 Å². The number of fused-ring (bicyclic) bond motifs is 1. The maximum absolute atomic E-state index is 12.8. The minimum Gasteiger partial charge on any atom is -0.409 e. The van der Waals surface area contributed by atoms with E-state index in [0.29, 0.717) is 24.9 Å². The monoisotopic (exact) mass is 265 g/mol. The van der Waals surface area contributed by atoms with Gasteiger partial charge in [-0.25, -0.2) is 0 Å². The first-order valence-electron chi connectivity index (χ1n) is 6.18. The highest BCUT2D eigenvalue weighted by Gasteiger charge is 2.46. The fourth-order valence-corrected chi connectivity index (χ4v) is 3.17. The summed E-state index contributed by atoms with van der Waals surface area (Å²) in [6.45, 7) is 1.21. The molecule has 0 radical (unpaired) electrons. The fourth-order valence-electron chi connectivity index (χ4n) is 3.17. The number of hydrogen-bond donors (Lipinski definition) is 2. The minimum atomic E-state index is -4.46. The van der Waals surface area contributed by atoms with Gasteiger partial charge in [0.1, 0.15) is 5.92 Å². The molecule has 18 heavy (non-hydrogen) atoms. The van der Waals surface area contributed by atoms with E-state index < -0.39 is 17.9 Å². The van der Waals surface area contributed by atoms with E-state index >= 15 is 0 Å². The molecule has 2 aliphatic rings. The SMILES string of the molecule is NC(=NO)C(CN1CC2CCCC2C1)C(F)(F)F. The van der Waals surface area contributed by atoms with Crippen LogP contribution in [0.2, 0.25) is 0 Å². The summed E-state index contributed by atoms with van der Waals surface area (Å²) >= 11 is 0. The zero-order valence-corrected chi connectivity index (χ0v) is 10.0. The molecular formula is C11H18F3N3O. The van der Waals surface area contributed by atoms with Gasteiger partial charge in [-0.15, -0.1) is 0 Å². The lowest BCUT2D eigenvalue weighted by Gasteiger charge is -2.25. The van der Waals surface area contributed by atoms with Gasteiger partial charge in [-0.1, -0.05) is 11.6 Å². The summed E-state index contributed by atoms with van der Waals surface area (Å²) in [5.41, 5.74) is 5.15. The lowest BCUT2D eigenvalue weighted by molar-refractivity contribution is -0.159. The summed E-state index contributed by atoms with van der Waals surface area (Å²) in [5, 5.41) is 11.0. The Morgan fingerprint density at radius 2 is 1.89 bits per heavy atom. The summed E-state index contributed by atoms with van der Waals surface area (Å²) in [6, 6.07) is 0. The van der Waals surface area contributed by atoms with Crippen LogP contribution in [0.3, 0.4) is 0 Å². The molecule has 3 N–H and O–H groups in total. The van der Waals surface area contributed by atoms with Gasteiger partial charge in [-0.2, -0.15) is 13.2 Å². The van der Waals surface area contributed by atoms with E-state index in [0.717, 1.165) is 12.8 Å². The van der Waals surface area contributed by atoms with Crippen LogP contribution in [0.1, 0.15) is 19.3 Å². The summed E-state index contributed by atoms with van der Waals surface area (Å²) in [4.78, 5) is 1.80. The molecule has 1 saturated heterocycles. The van der Waals surface area contributed by atoms with Crippen molar-refractivity contribution >= 4 is 5.84 Å². The Labute approximate surface area is 104 Å². The van der Waals surface area contributed by atoms with Gasteiger partial charge in [0.15, 0.2) is 5.84 Å². The van der Waals surface area contributed by atoms with Gasteiger partial charge in [0, 0.05) is 19.6 Å². The van der Waals surface area contributed by atoms with Crippen LogP contribution < -0.4 is 5.73 Å². The second-order valence-corrected chi connectivity index (χ2v) is 5.29. The van der Waals surface area contributed by atoms with Crippen LogP contribution in [-0.2, 0) is 0 Å². The lowest BCUT2D eigenvalue weighted by Crippen LogP contribution is -2.44. The maximum atomic E-state index is 12.8. The fraction of sp³-hybridized carbons (Fsp3) is 0.909. The Kier molecular flexibility index (Phi) is 3.70. The predicted molar refractivity (Wildman–Crippen MR) is 60.2 cm³/mol. The number of hydrogen-bond acceptors (Lipinski definition) is 3. The van der Waals surface area contributed by atoms with Crippen LogP contribution in [0.5, 0.6) is 0 Å². The number of nitrogens with zero attached hydrogens (tertiary/aromatic N) is 2. The number of halogens is 3. The molecule has 0 aromatic carbocycles. The molecule has 0 amide bonds. The topological polar surface area (TPSA) is 61.9 Å². The van der Waals surface area contributed by atoms with Crippen molar-refractivity contribution in [1.82, 2.24) is 4.90 Å². The van der Waals surface area contributed by atoms with Crippen molar-refractivity contribution in [3.05, 3.63) is 0 Å². The van der Waals surface area contributed by atoms with Crippen LogP contribution in [-0.4, -0.2) is 41.8 Å². The van der Waals surface area contributed by atoms with Crippen LogP contribution in [0.4, 0.5) is 13.2 Å². The molecule has 4 nitrogen and oxygen atoms in total. The molecule has 2 rings (SSSR count). The standard InChI is InChI=1S/C11H18F3N3O/c12-11(13,14)9(10(15)16-18)6-17-4-7-2-1-3-8(7)5-17/h7-9,18H,1-6H2,(H2,15,16). The minimum absolute atomic E-state index is 0.202. The average molecular weight is 265 g/mol. The average Bonchev–Trinajstić information content (AvgIpc) is 2.83. The van der Waals surface area contributed by atoms with E-state index in [4.69, 9.17) is 10.9 Å². The Morgan fingerprint density at radius 1 is 1.33 bits per heavy atom. The summed E-state index contributed by atoms with van der Waals surface area (Å²) in [7, 11) is 0. The van der Waals surface area contributed by atoms with Gasteiger partial charge >= 0.3 is 6.18 Å². The van der Waals surface area contributed by atoms with Crippen molar-refractivity contribution in [3.8, 4) is 0 Å². The molecule has 1 aliphatic carbocycles. The lowest BCUT2D eigenvalue weighted by atomic mass is 10.0. The first-order valence-corrected chi connectivity index (χ1v) is 6.18. The highest BCUT2D eigenvalue weighted by molar-refractivity contribution is 5.83. The van der Waals surface area contributed by atoms with Crippen molar-refractivity contribution in [3.63, 3.8) is 0 Å². The number of likely N-dealkylation sites (tertiary alicyclic amines) is 1. The first-order chi connectivity index (χ1) is 8.41. The number of oxime groups is 1. The smallest absolute Gasteiger partial charge is 0.400 e. The van der Waals surface area contributed by atoms with Gasteiger partial charge < -0.3 is 15.8 Å². The molecule has 2 fully saturated rings. The highest BCUT2D eigenvalue weighted by atomic mass is 19.4. The van der Waals surface area contributed by atoms with E-state index in [1.165, 1.54) is 6.42 Å². The van der Waals surface area contributed by atoms with Crippen LogP contribution >= 0.6 is 0 Å². The highest BCUT2D eigenvalue weighted by Crippen LogP contribution is 2.39. The van der Waals surface area contributed by atoms with Crippen LogP contribution in [0.15, 0.2) is 5.16 Å². The third kappa shape index (κ3) is 2.71. The van der Waals surface area contributed by atoms with Crippen LogP contribution in [0.25, 0.3) is 0 Å². The van der Waals surface area contributed by atoms with Crippen molar-refractivity contribution in [2.75, 3.05) is 19.6 Å². The Morgan fingerprint density at radius 3 is 2.33 bits per heavy atom. The van der Waals surface area contributed by atoms with Gasteiger partial charge in [0.05, 0.1) is 0 Å². The molecule has 1 heterocycles. The summed E-state index contributed by atoms with van der Waals surface area (Å²) in [5.74, 6) is -1.56. The van der Waals surface area contributed by atoms with Gasteiger partial charge in [-0.3, -0.25) is 0 Å². The molecule has 0 bridgehead atoms. The third-order valence-corrected chi connectivity index (χ3v) is 4.11. The van der Waals surface area contributed by atoms with Crippen molar-refractivity contribution in [2.45, 2.75) is 25.4 Å². The molecule has 0 aromatic heterocycles. The van der Waals surface area contributed by atoms with Crippen LogP contribution in [0, 0.1) is 17.8 Å². The molecule has 104 valence electrons. The van der Waals surface area contributed by atoms with E-state index in [-0.39, 0.29) is 6.54 Å². The maximum Gasteiger partial charge on any atom is 0.400 e.